The number of hydrogen-bond acceptors (Lipinski definition) is 4. The number of hydrogen-bond donors (Lipinski definition) is 3. The van der Waals surface area contributed by atoms with E-state index in [2.05, 4.69) is 20.4 Å². The Hall–Kier alpha value is -3.69. The van der Waals surface area contributed by atoms with Gasteiger partial charge >= 0.3 is 6.61 Å². The van der Waals surface area contributed by atoms with Crippen LogP contribution in [0.1, 0.15) is 21.5 Å². The van der Waals surface area contributed by atoms with Crippen LogP contribution in [0, 0.1) is 0 Å². The lowest BCUT2D eigenvalue weighted by atomic mass is 10.1. The molecule has 0 bridgehead atoms. The summed E-state index contributed by atoms with van der Waals surface area (Å²) in [6.45, 7) is -2.09. The zero-order valence-corrected chi connectivity index (χ0v) is 17.3. The van der Waals surface area contributed by atoms with E-state index in [-0.39, 0.29) is 18.2 Å². The number of benzene rings is 2. The molecule has 2 aromatic carbocycles. The molecule has 0 saturated carbocycles. The number of ether oxygens (including phenoxy) is 1. The van der Waals surface area contributed by atoms with Crippen LogP contribution in [-0.4, -0.2) is 49.9 Å². The van der Waals surface area contributed by atoms with E-state index in [4.69, 9.17) is 5.73 Å². The summed E-state index contributed by atoms with van der Waals surface area (Å²) < 4.78 is 28.8. The van der Waals surface area contributed by atoms with Gasteiger partial charge in [-0.25, -0.2) is 0 Å². The summed E-state index contributed by atoms with van der Waals surface area (Å²) in [4.78, 5) is 28.8. The van der Waals surface area contributed by atoms with Crippen molar-refractivity contribution < 1.29 is 23.1 Å². The van der Waals surface area contributed by atoms with E-state index >= 15 is 0 Å². The highest BCUT2D eigenvalue weighted by Gasteiger charge is 2.09. The lowest BCUT2D eigenvalue weighted by Gasteiger charge is -2.22. The van der Waals surface area contributed by atoms with Crippen molar-refractivity contribution in [1.82, 2.24) is 15.5 Å². The van der Waals surface area contributed by atoms with Gasteiger partial charge in [0.05, 0.1) is 6.54 Å². The molecular weight excluding hydrogens is 408 g/mol. The molecule has 2 aromatic rings. The molecule has 2 amide bonds. The number of primary amides is 1. The number of carbonyl (C=O) groups excluding carboxylic acids is 2. The Morgan fingerprint density at radius 1 is 1.06 bits per heavy atom. The SMILES string of the molecule is CN=C(NCc1ccc(C(=O)NCC(N)=O)cc1)N(C)Cc1ccc(OC(F)F)cc1. The second-order valence-corrected chi connectivity index (χ2v) is 6.63. The second kappa shape index (κ2) is 11.5. The molecule has 0 unspecified atom stereocenters. The summed E-state index contributed by atoms with van der Waals surface area (Å²) in [5.74, 6) is -0.243. The molecule has 10 heteroatoms. The third-order valence-electron chi connectivity index (χ3n) is 4.23. The average molecular weight is 433 g/mol. The van der Waals surface area contributed by atoms with Gasteiger partial charge in [-0.1, -0.05) is 24.3 Å². The number of nitrogens with zero attached hydrogens (tertiary/aromatic N) is 2. The van der Waals surface area contributed by atoms with Crippen LogP contribution in [-0.2, 0) is 17.9 Å². The number of halogens is 2. The van der Waals surface area contributed by atoms with Crippen molar-refractivity contribution in [1.29, 1.82) is 0 Å². The van der Waals surface area contributed by atoms with Crippen molar-refractivity contribution in [2.45, 2.75) is 19.7 Å². The van der Waals surface area contributed by atoms with Crippen LogP contribution in [0.25, 0.3) is 0 Å². The Bertz CT molecular complexity index is 902. The lowest BCUT2D eigenvalue weighted by molar-refractivity contribution is -0.117. The van der Waals surface area contributed by atoms with Crippen LogP contribution in [0.3, 0.4) is 0 Å². The second-order valence-electron chi connectivity index (χ2n) is 6.63. The first-order valence-electron chi connectivity index (χ1n) is 9.39. The summed E-state index contributed by atoms with van der Waals surface area (Å²) in [5, 5.41) is 5.65. The van der Waals surface area contributed by atoms with Gasteiger partial charge in [0.15, 0.2) is 5.96 Å². The van der Waals surface area contributed by atoms with Crippen molar-refractivity contribution in [3.63, 3.8) is 0 Å². The summed E-state index contributed by atoms with van der Waals surface area (Å²) >= 11 is 0. The summed E-state index contributed by atoms with van der Waals surface area (Å²) in [6.07, 6.45) is 0. The number of nitrogens with one attached hydrogen (secondary N) is 2. The van der Waals surface area contributed by atoms with Crippen LogP contribution in [0.4, 0.5) is 8.78 Å². The fraction of sp³-hybridized carbons (Fsp3) is 0.286. The van der Waals surface area contributed by atoms with Crippen molar-refractivity contribution >= 4 is 17.8 Å². The molecule has 0 heterocycles. The zero-order chi connectivity index (χ0) is 22.8. The Morgan fingerprint density at radius 2 is 1.68 bits per heavy atom. The topological polar surface area (TPSA) is 109 Å². The van der Waals surface area contributed by atoms with E-state index in [1.165, 1.54) is 12.1 Å². The fourth-order valence-corrected chi connectivity index (χ4v) is 2.73. The van der Waals surface area contributed by atoms with Gasteiger partial charge in [-0.2, -0.15) is 8.78 Å². The van der Waals surface area contributed by atoms with E-state index in [0.717, 1.165) is 11.1 Å². The quantitative estimate of drug-likeness (QED) is 0.412. The number of carbonyl (C=O) groups is 2. The molecule has 166 valence electrons. The molecule has 0 radical (unpaired) electrons. The van der Waals surface area contributed by atoms with Gasteiger partial charge in [0.2, 0.25) is 5.91 Å². The van der Waals surface area contributed by atoms with E-state index in [9.17, 15) is 18.4 Å². The Balaban J connectivity index is 1.88. The zero-order valence-electron chi connectivity index (χ0n) is 17.3. The molecule has 0 atom stereocenters. The van der Waals surface area contributed by atoms with Crippen molar-refractivity contribution in [2.24, 2.45) is 10.7 Å². The Labute approximate surface area is 179 Å². The minimum absolute atomic E-state index is 0.107. The average Bonchev–Trinajstić information content (AvgIpc) is 2.74. The summed E-state index contributed by atoms with van der Waals surface area (Å²) in [5.41, 5.74) is 7.26. The number of amides is 2. The maximum Gasteiger partial charge on any atom is 0.387 e. The van der Waals surface area contributed by atoms with Crippen LogP contribution < -0.4 is 21.1 Å². The smallest absolute Gasteiger partial charge is 0.387 e. The molecule has 0 aliphatic rings. The third-order valence-corrected chi connectivity index (χ3v) is 4.23. The number of alkyl halides is 2. The first-order valence-corrected chi connectivity index (χ1v) is 9.39. The standard InChI is InChI=1S/C21H25F2N5O3/c1-25-21(28(2)13-15-5-9-17(10-6-15)31-20(22)23)27-11-14-3-7-16(8-4-14)19(30)26-12-18(24)29/h3-10,20H,11-13H2,1-2H3,(H2,24,29)(H,25,27)(H,26,30). The Kier molecular flexibility index (Phi) is 8.74. The van der Waals surface area contributed by atoms with E-state index in [1.54, 1.807) is 43.4 Å². The molecule has 31 heavy (non-hydrogen) atoms. The third kappa shape index (κ3) is 7.92. The van der Waals surface area contributed by atoms with Crippen LogP contribution in [0.2, 0.25) is 0 Å². The number of guanidine groups is 1. The fourth-order valence-electron chi connectivity index (χ4n) is 2.73. The molecule has 0 spiro atoms. The summed E-state index contributed by atoms with van der Waals surface area (Å²) in [6, 6.07) is 13.3. The van der Waals surface area contributed by atoms with Crippen molar-refractivity contribution in [3.05, 3.63) is 65.2 Å². The molecular formula is C21H25F2N5O3. The monoisotopic (exact) mass is 433 g/mol. The predicted molar refractivity (Wildman–Crippen MR) is 113 cm³/mol. The Morgan fingerprint density at radius 3 is 2.23 bits per heavy atom. The molecule has 0 fully saturated rings. The van der Waals surface area contributed by atoms with Crippen molar-refractivity contribution in [2.75, 3.05) is 20.6 Å². The maximum absolute atomic E-state index is 12.2. The van der Waals surface area contributed by atoms with Gasteiger partial charge in [-0.3, -0.25) is 14.6 Å². The highest BCUT2D eigenvalue weighted by Crippen LogP contribution is 2.16. The first kappa shape index (κ1) is 23.6. The molecule has 0 aromatic heterocycles. The van der Waals surface area contributed by atoms with Crippen molar-refractivity contribution in [3.8, 4) is 5.75 Å². The number of rotatable bonds is 9. The van der Waals surface area contributed by atoms with Gasteiger partial charge < -0.3 is 26.0 Å². The van der Waals surface area contributed by atoms with Gasteiger partial charge in [-0.15, -0.1) is 0 Å². The highest BCUT2D eigenvalue weighted by atomic mass is 19.3. The van der Waals surface area contributed by atoms with E-state index < -0.39 is 12.5 Å². The molecule has 0 saturated heterocycles. The van der Waals surface area contributed by atoms with Gasteiger partial charge in [-0.05, 0) is 35.4 Å². The molecule has 4 N–H and O–H groups in total. The first-order chi connectivity index (χ1) is 14.8. The highest BCUT2D eigenvalue weighted by molar-refractivity contribution is 5.96. The maximum atomic E-state index is 12.2. The molecule has 0 aliphatic heterocycles. The molecule has 0 aliphatic carbocycles. The van der Waals surface area contributed by atoms with Crippen LogP contribution in [0.15, 0.2) is 53.5 Å². The normalized spacial score (nSPS) is 11.2. The van der Waals surface area contributed by atoms with Gasteiger partial charge in [0, 0.05) is 32.7 Å². The van der Waals surface area contributed by atoms with Crippen LogP contribution in [0.5, 0.6) is 5.75 Å². The number of aliphatic imine (C=N–C) groups is 1. The van der Waals surface area contributed by atoms with Gasteiger partial charge in [0.25, 0.3) is 5.91 Å². The number of nitrogens with two attached hydrogens (primary N) is 1. The molecule has 8 nitrogen and oxygen atoms in total. The summed E-state index contributed by atoms with van der Waals surface area (Å²) in [7, 11) is 3.51. The minimum atomic E-state index is -2.85. The minimum Gasteiger partial charge on any atom is -0.435 e. The predicted octanol–water partition coefficient (Wildman–Crippen LogP) is 1.71. The largest absolute Gasteiger partial charge is 0.435 e. The van der Waals surface area contributed by atoms with Crippen LogP contribution >= 0.6 is 0 Å². The van der Waals surface area contributed by atoms with E-state index in [1.807, 2.05) is 11.9 Å². The molecule has 2 rings (SSSR count). The van der Waals surface area contributed by atoms with Gasteiger partial charge in [0.1, 0.15) is 5.75 Å². The van der Waals surface area contributed by atoms with E-state index in [0.29, 0.717) is 24.6 Å². The lowest BCUT2D eigenvalue weighted by Crippen LogP contribution is -2.38.